The fourth-order valence-corrected chi connectivity index (χ4v) is 1.35. The predicted molar refractivity (Wildman–Crippen MR) is 64.5 cm³/mol. The first-order valence-electron chi connectivity index (χ1n) is 5.33. The van der Waals surface area contributed by atoms with Crippen LogP contribution >= 0.6 is 0 Å². The van der Waals surface area contributed by atoms with Crippen LogP contribution in [-0.2, 0) is 4.79 Å². The van der Waals surface area contributed by atoms with Gasteiger partial charge in [-0.15, -0.1) is 0 Å². The third kappa shape index (κ3) is 4.07. The summed E-state index contributed by atoms with van der Waals surface area (Å²) >= 11 is 0. The van der Waals surface area contributed by atoms with Crippen LogP contribution in [-0.4, -0.2) is 11.7 Å². The van der Waals surface area contributed by atoms with E-state index in [2.05, 4.69) is 5.32 Å². The summed E-state index contributed by atoms with van der Waals surface area (Å²) in [5.74, 6) is -0.586. The maximum atomic E-state index is 11.5. The quantitative estimate of drug-likeness (QED) is 0.807. The highest BCUT2D eigenvalue weighted by Gasteiger charge is 2.08. The number of amides is 1. The molecule has 0 aromatic heterocycles. The molecule has 0 fully saturated rings. The van der Waals surface area contributed by atoms with Crippen molar-refractivity contribution < 1.29 is 9.59 Å². The van der Waals surface area contributed by atoms with Gasteiger partial charge >= 0.3 is 0 Å². The molecule has 4 heteroatoms. The van der Waals surface area contributed by atoms with Gasteiger partial charge in [-0.25, -0.2) is 0 Å². The van der Waals surface area contributed by atoms with Crippen LogP contribution in [0.25, 0.3) is 0 Å². The first-order valence-corrected chi connectivity index (χ1v) is 5.33. The van der Waals surface area contributed by atoms with E-state index in [1.165, 1.54) is 6.92 Å². The number of benzene rings is 1. The van der Waals surface area contributed by atoms with E-state index in [1.807, 2.05) is 6.07 Å². The van der Waals surface area contributed by atoms with Crippen LogP contribution in [0.1, 0.15) is 30.6 Å². The van der Waals surface area contributed by atoms with E-state index in [0.717, 1.165) is 0 Å². The summed E-state index contributed by atoms with van der Waals surface area (Å²) in [6.45, 7) is 3.16. The minimum atomic E-state index is -0.314. The van der Waals surface area contributed by atoms with Crippen molar-refractivity contribution in [3.05, 3.63) is 29.8 Å². The second kappa shape index (κ2) is 5.80. The number of hydrogen-bond donors (Lipinski definition) is 1. The van der Waals surface area contributed by atoms with Crippen LogP contribution in [0.15, 0.2) is 24.3 Å². The second-order valence-corrected chi connectivity index (χ2v) is 3.92. The number of Topliss-reactive ketones (excluding diaryl/α,β-unsaturated/α-hetero) is 1. The highest BCUT2D eigenvalue weighted by Crippen LogP contribution is 2.12. The molecule has 88 valence electrons. The van der Waals surface area contributed by atoms with Gasteiger partial charge in [-0.1, -0.05) is 12.1 Å². The number of ketones is 1. The molecule has 1 atom stereocenters. The maximum Gasteiger partial charge on any atom is 0.225 e. The van der Waals surface area contributed by atoms with Crippen molar-refractivity contribution in [3.63, 3.8) is 0 Å². The molecular weight excluding hydrogens is 216 g/mol. The number of carbonyl (C=O) groups is 2. The molecule has 1 amide bonds. The first kappa shape index (κ1) is 12.9. The molecule has 1 N–H and O–H groups in total. The Morgan fingerprint density at radius 2 is 2.18 bits per heavy atom. The van der Waals surface area contributed by atoms with Crippen molar-refractivity contribution in [3.8, 4) is 6.07 Å². The lowest BCUT2D eigenvalue weighted by atomic mass is 10.1. The fraction of sp³-hybridized carbons (Fsp3) is 0.308. The number of anilines is 1. The summed E-state index contributed by atoms with van der Waals surface area (Å²) in [6, 6.07) is 8.73. The third-order valence-electron chi connectivity index (χ3n) is 2.26. The Labute approximate surface area is 100 Å². The first-order chi connectivity index (χ1) is 8.02. The number of rotatable bonds is 4. The number of carbonyl (C=O) groups excluding carboxylic acids is 2. The highest BCUT2D eigenvalue weighted by atomic mass is 16.1. The molecule has 1 aromatic rings. The Kier molecular flexibility index (Phi) is 4.41. The average molecular weight is 230 g/mol. The van der Waals surface area contributed by atoms with Crippen LogP contribution in [0.4, 0.5) is 5.69 Å². The largest absolute Gasteiger partial charge is 0.326 e. The van der Waals surface area contributed by atoms with E-state index in [0.29, 0.717) is 11.3 Å². The predicted octanol–water partition coefficient (Wildman–Crippen LogP) is 2.38. The van der Waals surface area contributed by atoms with Gasteiger partial charge in [0.05, 0.1) is 12.0 Å². The topological polar surface area (TPSA) is 70.0 Å². The molecule has 0 heterocycles. The summed E-state index contributed by atoms with van der Waals surface area (Å²) in [4.78, 5) is 22.7. The van der Waals surface area contributed by atoms with E-state index in [4.69, 9.17) is 5.26 Å². The molecule has 0 saturated carbocycles. The molecule has 0 spiro atoms. The van der Waals surface area contributed by atoms with Gasteiger partial charge in [0.25, 0.3) is 0 Å². The van der Waals surface area contributed by atoms with Gasteiger partial charge in [-0.3, -0.25) is 9.59 Å². The Bertz CT molecular complexity index is 475. The third-order valence-corrected chi connectivity index (χ3v) is 2.26. The van der Waals surface area contributed by atoms with Crippen molar-refractivity contribution in [2.45, 2.75) is 20.3 Å². The van der Waals surface area contributed by atoms with Gasteiger partial charge in [0.1, 0.15) is 0 Å². The van der Waals surface area contributed by atoms with Gasteiger partial charge in [0, 0.05) is 17.7 Å². The number of nitrogens with one attached hydrogen (secondary N) is 1. The average Bonchev–Trinajstić information content (AvgIpc) is 2.28. The normalized spacial score (nSPS) is 11.4. The van der Waals surface area contributed by atoms with Crippen LogP contribution in [0.3, 0.4) is 0 Å². The van der Waals surface area contributed by atoms with Crippen LogP contribution in [0, 0.1) is 17.2 Å². The van der Waals surface area contributed by atoms with Gasteiger partial charge < -0.3 is 5.32 Å². The number of nitriles is 1. The minimum absolute atomic E-state index is 0.0495. The van der Waals surface area contributed by atoms with Crippen LogP contribution < -0.4 is 5.32 Å². The molecule has 0 aliphatic heterocycles. The van der Waals surface area contributed by atoms with Crippen molar-refractivity contribution in [1.29, 1.82) is 5.26 Å². The van der Waals surface area contributed by atoms with Gasteiger partial charge in [0.15, 0.2) is 5.78 Å². The second-order valence-electron chi connectivity index (χ2n) is 3.92. The molecule has 0 bridgehead atoms. The van der Waals surface area contributed by atoms with E-state index >= 15 is 0 Å². The van der Waals surface area contributed by atoms with Gasteiger partial charge in [0.2, 0.25) is 5.91 Å². The Balaban J connectivity index is 2.69. The molecule has 0 aliphatic carbocycles. The van der Waals surface area contributed by atoms with Gasteiger partial charge in [-0.05, 0) is 26.0 Å². The Hall–Kier alpha value is -2.15. The summed E-state index contributed by atoms with van der Waals surface area (Å²) < 4.78 is 0. The smallest absolute Gasteiger partial charge is 0.225 e. The summed E-state index contributed by atoms with van der Waals surface area (Å²) in [6.07, 6.45) is 0.154. The van der Waals surface area contributed by atoms with Crippen molar-refractivity contribution in [1.82, 2.24) is 0 Å². The van der Waals surface area contributed by atoms with E-state index in [-0.39, 0.29) is 24.0 Å². The van der Waals surface area contributed by atoms with Crippen LogP contribution in [0.5, 0.6) is 0 Å². The summed E-state index contributed by atoms with van der Waals surface area (Å²) in [5.41, 5.74) is 1.13. The Morgan fingerprint density at radius 1 is 1.47 bits per heavy atom. The molecule has 0 aliphatic rings. The van der Waals surface area contributed by atoms with Crippen molar-refractivity contribution in [2.24, 2.45) is 5.92 Å². The summed E-state index contributed by atoms with van der Waals surface area (Å²) in [5, 5.41) is 11.3. The molecule has 0 radical (unpaired) electrons. The standard InChI is InChI=1S/C13H14N2O2/c1-9(8-14)6-13(17)15-12-5-3-4-11(7-12)10(2)16/h3-5,7,9H,6H2,1-2H3,(H,15,17). The zero-order valence-corrected chi connectivity index (χ0v) is 9.86. The fourth-order valence-electron chi connectivity index (χ4n) is 1.35. The van der Waals surface area contributed by atoms with Gasteiger partial charge in [-0.2, -0.15) is 5.26 Å². The highest BCUT2D eigenvalue weighted by molar-refractivity contribution is 5.97. The lowest BCUT2D eigenvalue weighted by Gasteiger charge is -2.06. The molecule has 0 saturated heterocycles. The molecule has 1 unspecified atom stereocenters. The monoisotopic (exact) mass is 230 g/mol. The molecule has 17 heavy (non-hydrogen) atoms. The summed E-state index contributed by atoms with van der Waals surface area (Å²) in [7, 11) is 0. The molecule has 1 rings (SSSR count). The van der Waals surface area contributed by atoms with Crippen LogP contribution in [0.2, 0.25) is 0 Å². The maximum absolute atomic E-state index is 11.5. The SMILES string of the molecule is CC(=O)c1cccc(NC(=O)CC(C)C#N)c1. The van der Waals surface area contributed by atoms with Crippen molar-refractivity contribution in [2.75, 3.05) is 5.32 Å². The number of hydrogen-bond acceptors (Lipinski definition) is 3. The van der Waals surface area contributed by atoms with E-state index in [9.17, 15) is 9.59 Å². The molecule has 4 nitrogen and oxygen atoms in total. The lowest BCUT2D eigenvalue weighted by molar-refractivity contribution is -0.116. The van der Waals surface area contributed by atoms with E-state index < -0.39 is 0 Å². The van der Waals surface area contributed by atoms with E-state index in [1.54, 1.807) is 31.2 Å². The lowest BCUT2D eigenvalue weighted by Crippen LogP contribution is -2.14. The minimum Gasteiger partial charge on any atom is -0.326 e. The number of nitrogens with zero attached hydrogens (tertiary/aromatic N) is 1. The molecule has 1 aromatic carbocycles. The zero-order valence-electron chi connectivity index (χ0n) is 9.86. The molecular formula is C13H14N2O2. The Morgan fingerprint density at radius 3 is 2.76 bits per heavy atom. The van der Waals surface area contributed by atoms with Crippen molar-refractivity contribution >= 4 is 17.4 Å². The zero-order chi connectivity index (χ0) is 12.8.